The summed E-state index contributed by atoms with van der Waals surface area (Å²) in [5, 5.41) is 13.5. The van der Waals surface area contributed by atoms with E-state index in [1.807, 2.05) is 12.1 Å². The Kier molecular flexibility index (Phi) is 6.17. The maximum atomic E-state index is 14.6. The van der Waals surface area contributed by atoms with E-state index in [9.17, 15) is 18.7 Å². The van der Waals surface area contributed by atoms with Gasteiger partial charge in [-0.05, 0) is 44.0 Å². The van der Waals surface area contributed by atoms with Crippen LogP contribution in [0, 0.1) is 11.6 Å². The molecule has 5 nitrogen and oxygen atoms in total. The number of nitrogens with zero attached hydrogens (tertiary/aromatic N) is 1. The van der Waals surface area contributed by atoms with Gasteiger partial charge in [-0.15, -0.1) is 0 Å². The number of hydrogen-bond donors (Lipinski definition) is 2. The number of aromatic hydroxyl groups is 1. The Bertz CT molecular complexity index is 1060. The first-order valence-corrected chi connectivity index (χ1v) is 9.34. The van der Waals surface area contributed by atoms with E-state index >= 15 is 0 Å². The maximum Gasteiger partial charge on any atom is 0.256 e. The van der Waals surface area contributed by atoms with Gasteiger partial charge in [0.1, 0.15) is 16.8 Å². The van der Waals surface area contributed by atoms with E-state index in [1.54, 1.807) is 26.0 Å². The molecule has 0 aliphatic heterocycles. The third-order valence-electron chi connectivity index (χ3n) is 4.19. The molecule has 0 saturated heterocycles. The molecule has 0 saturated carbocycles. The van der Waals surface area contributed by atoms with Crippen molar-refractivity contribution in [2.24, 2.45) is 0 Å². The van der Waals surface area contributed by atoms with Crippen LogP contribution in [0.1, 0.15) is 29.8 Å². The van der Waals surface area contributed by atoms with Gasteiger partial charge in [0, 0.05) is 23.2 Å². The molecule has 0 aliphatic rings. The second-order valence-electron chi connectivity index (χ2n) is 6.72. The van der Waals surface area contributed by atoms with Crippen LogP contribution < -0.4 is 10.1 Å². The molecule has 29 heavy (non-hydrogen) atoms. The Morgan fingerprint density at radius 1 is 1.28 bits per heavy atom. The minimum atomic E-state index is -1.03. The Balaban J connectivity index is 1.81. The SMILES string of the molecule is CC(C)Oc1c(F)cc2c(O)c(C(=O)NCCc3ccc(Cl)cc3)cnc2c1F. The number of ether oxygens (including phenoxy) is 1. The van der Waals surface area contributed by atoms with Gasteiger partial charge in [0.15, 0.2) is 17.4 Å². The number of pyridine rings is 1. The van der Waals surface area contributed by atoms with Gasteiger partial charge >= 0.3 is 0 Å². The molecule has 1 heterocycles. The average molecular weight is 421 g/mol. The van der Waals surface area contributed by atoms with Crippen molar-refractivity contribution in [3.05, 3.63) is 64.3 Å². The molecule has 0 radical (unpaired) electrons. The number of nitrogens with one attached hydrogen (secondary N) is 1. The second-order valence-corrected chi connectivity index (χ2v) is 7.15. The smallest absolute Gasteiger partial charge is 0.256 e. The van der Waals surface area contributed by atoms with Crippen LogP contribution in [0.2, 0.25) is 5.02 Å². The molecule has 0 unspecified atom stereocenters. The molecule has 1 aromatic heterocycles. The van der Waals surface area contributed by atoms with Crippen LogP contribution in [-0.2, 0) is 6.42 Å². The molecule has 0 bridgehead atoms. The summed E-state index contributed by atoms with van der Waals surface area (Å²) >= 11 is 5.83. The number of amides is 1. The standard InChI is InChI=1S/C21H19ClF2N2O3/c1-11(2)29-20-16(23)9-14-18(17(20)24)26-10-15(19(14)27)21(28)25-8-7-12-3-5-13(22)6-4-12/h3-6,9-11H,7-8H2,1-2H3,(H,25,28)(H,26,27). The van der Waals surface area contributed by atoms with Crippen molar-refractivity contribution in [2.45, 2.75) is 26.4 Å². The monoisotopic (exact) mass is 420 g/mol. The second kappa shape index (κ2) is 8.61. The van der Waals surface area contributed by atoms with Crippen LogP contribution in [0.25, 0.3) is 10.9 Å². The molecule has 0 atom stereocenters. The van der Waals surface area contributed by atoms with E-state index in [-0.39, 0.29) is 16.5 Å². The molecule has 152 valence electrons. The van der Waals surface area contributed by atoms with E-state index in [0.717, 1.165) is 17.8 Å². The van der Waals surface area contributed by atoms with Crippen LogP contribution in [0.15, 0.2) is 36.5 Å². The van der Waals surface area contributed by atoms with Crippen LogP contribution in [0.5, 0.6) is 11.5 Å². The number of hydrogen-bond acceptors (Lipinski definition) is 4. The highest BCUT2D eigenvalue weighted by Gasteiger charge is 2.22. The number of rotatable bonds is 6. The highest BCUT2D eigenvalue weighted by molar-refractivity contribution is 6.30. The predicted molar refractivity (Wildman–Crippen MR) is 107 cm³/mol. The van der Waals surface area contributed by atoms with Gasteiger partial charge in [0.25, 0.3) is 5.91 Å². The number of carbonyl (C=O) groups excluding carboxylic acids is 1. The van der Waals surface area contributed by atoms with E-state index in [0.29, 0.717) is 18.0 Å². The molecule has 3 rings (SSSR count). The molecule has 0 aliphatic carbocycles. The maximum absolute atomic E-state index is 14.6. The molecular weight excluding hydrogens is 402 g/mol. The van der Waals surface area contributed by atoms with Gasteiger partial charge in [-0.1, -0.05) is 23.7 Å². The molecule has 0 fully saturated rings. The minimum Gasteiger partial charge on any atom is -0.506 e. The molecule has 0 spiro atoms. The summed E-state index contributed by atoms with van der Waals surface area (Å²) < 4.78 is 34.0. The quantitative estimate of drug-likeness (QED) is 0.609. The number of benzene rings is 2. The summed E-state index contributed by atoms with van der Waals surface area (Å²) in [6.45, 7) is 3.55. The lowest BCUT2D eigenvalue weighted by Gasteiger charge is -2.14. The van der Waals surface area contributed by atoms with Crippen molar-refractivity contribution >= 4 is 28.4 Å². The van der Waals surface area contributed by atoms with Crippen LogP contribution >= 0.6 is 11.6 Å². The fourth-order valence-corrected chi connectivity index (χ4v) is 2.94. The third-order valence-corrected chi connectivity index (χ3v) is 4.45. The number of halogens is 3. The highest BCUT2D eigenvalue weighted by atomic mass is 35.5. The zero-order valence-electron chi connectivity index (χ0n) is 15.8. The first kappa shape index (κ1) is 20.8. The van der Waals surface area contributed by atoms with Crippen molar-refractivity contribution < 1.29 is 23.4 Å². The van der Waals surface area contributed by atoms with Gasteiger partial charge in [0.05, 0.1) is 6.10 Å². The van der Waals surface area contributed by atoms with Crippen molar-refractivity contribution in [3.63, 3.8) is 0 Å². The molecule has 3 aromatic rings. The molecule has 8 heteroatoms. The summed E-state index contributed by atoms with van der Waals surface area (Å²) in [7, 11) is 0. The Labute approximate surface area is 171 Å². The normalized spacial score (nSPS) is 11.1. The molecule has 2 N–H and O–H groups in total. The van der Waals surface area contributed by atoms with Crippen molar-refractivity contribution in [1.29, 1.82) is 0 Å². The average Bonchev–Trinajstić information content (AvgIpc) is 2.67. The van der Waals surface area contributed by atoms with Crippen LogP contribution in [0.3, 0.4) is 0 Å². The Morgan fingerprint density at radius 3 is 2.62 bits per heavy atom. The lowest BCUT2D eigenvalue weighted by molar-refractivity contribution is 0.0951. The number of carbonyl (C=O) groups is 1. The van der Waals surface area contributed by atoms with Gasteiger partial charge in [-0.3, -0.25) is 9.78 Å². The van der Waals surface area contributed by atoms with Crippen LogP contribution in [0.4, 0.5) is 8.78 Å². The minimum absolute atomic E-state index is 0.176. The van der Waals surface area contributed by atoms with E-state index in [4.69, 9.17) is 16.3 Å². The van der Waals surface area contributed by atoms with Crippen molar-refractivity contribution in [2.75, 3.05) is 6.54 Å². The molecule has 1 amide bonds. The van der Waals surface area contributed by atoms with Gasteiger partial charge in [-0.25, -0.2) is 8.78 Å². The summed E-state index contributed by atoms with van der Waals surface area (Å²) in [5.74, 6) is -3.73. The van der Waals surface area contributed by atoms with E-state index in [1.165, 1.54) is 0 Å². The third kappa shape index (κ3) is 4.56. The lowest BCUT2D eigenvalue weighted by Crippen LogP contribution is -2.26. The van der Waals surface area contributed by atoms with Crippen molar-refractivity contribution in [3.8, 4) is 11.5 Å². The van der Waals surface area contributed by atoms with Gasteiger partial charge in [-0.2, -0.15) is 0 Å². The largest absolute Gasteiger partial charge is 0.506 e. The zero-order valence-corrected chi connectivity index (χ0v) is 16.6. The highest BCUT2D eigenvalue weighted by Crippen LogP contribution is 2.35. The summed E-state index contributed by atoms with van der Waals surface area (Å²) in [6.07, 6.45) is 1.15. The fraction of sp³-hybridized carbons (Fsp3) is 0.238. The van der Waals surface area contributed by atoms with Gasteiger partial charge < -0.3 is 15.2 Å². The fourth-order valence-electron chi connectivity index (χ4n) is 2.81. The van der Waals surface area contributed by atoms with E-state index in [2.05, 4.69) is 10.3 Å². The Morgan fingerprint density at radius 2 is 1.97 bits per heavy atom. The first-order valence-electron chi connectivity index (χ1n) is 8.97. The van der Waals surface area contributed by atoms with Crippen LogP contribution in [-0.4, -0.2) is 28.6 Å². The summed E-state index contributed by atoms with van der Waals surface area (Å²) in [5.41, 5.74) is 0.514. The van der Waals surface area contributed by atoms with Crippen molar-refractivity contribution in [1.82, 2.24) is 10.3 Å². The first-order chi connectivity index (χ1) is 13.8. The Hall–Kier alpha value is -2.93. The summed E-state index contributed by atoms with van der Waals surface area (Å²) in [6, 6.07) is 8.08. The molecule has 2 aromatic carbocycles. The van der Waals surface area contributed by atoms with E-state index < -0.39 is 35.1 Å². The topological polar surface area (TPSA) is 71.5 Å². The number of fused-ring (bicyclic) bond motifs is 1. The lowest BCUT2D eigenvalue weighted by atomic mass is 10.1. The van der Waals surface area contributed by atoms with Gasteiger partial charge in [0.2, 0.25) is 0 Å². The zero-order chi connectivity index (χ0) is 21.1. The predicted octanol–water partition coefficient (Wildman–Crippen LogP) is 4.63. The summed E-state index contributed by atoms with van der Waals surface area (Å²) in [4.78, 5) is 16.3. The molecular formula is C21H19ClF2N2O3. The number of aromatic nitrogens is 1.